The van der Waals surface area contributed by atoms with Gasteiger partial charge in [0.15, 0.2) is 0 Å². The summed E-state index contributed by atoms with van der Waals surface area (Å²) in [5, 5.41) is 16.2. The zero-order valence-electron chi connectivity index (χ0n) is 20.7. The predicted octanol–water partition coefficient (Wildman–Crippen LogP) is -3.50. The van der Waals surface area contributed by atoms with E-state index in [-0.39, 0.29) is 34.6 Å². The Bertz CT molecular complexity index is 1320. The molecule has 3 aromatic rings. The fourth-order valence-corrected chi connectivity index (χ4v) is 3.63. The summed E-state index contributed by atoms with van der Waals surface area (Å²) in [6, 6.07) is 4.66. The van der Waals surface area contributed by atoms with E-state index in [1.807, 2.05) is 6.92 Å². The third kappa shape index (κ3) is 7.10. The van der Waals surface area contributed by atoms with Gasteiger partial charge in [-0.2, -0.15) is 0 Å². The predicted molar refractivity (Wildman–Crippen MR) is 135 cm³/mol. The van der Waals surface area contributed by atoms with Gasteiger partial charge in [0.2, 0.25) is 12.2 Å². The molecule has 0 saturated heterocycles. The normalized spacial score (nSPS) is 10.2. The third-order valence-electron chi connectivity index (χ3n) is 5.39. The Morgan fingerprint density at radius 2 is 1.41 bits per heavy atom. The molecule has 0 unspecified atom stereocenters. The molecule has 0 radical (unpaired) electrons. The van der Waals surface area contributed by atoms with Crippen LogP contribution in [0.5, 0.6) is 0 Å². The van der Waals surface area contributed by atoms with Crippen molar-refractivity contribution in [2.75, 3.05) is 22.5 Å². The van der Waals surface area contributed by atoms with E-state index in [0.29, 0.717) is 60.1 Å². The summed E-state index contributed by atoms with van der Waals surface area (Å²) in [5.41, 5.74) is 7.77. The number of aromatic nitrogens is 3. The number of aryl methyl sites for hydroxylation is 3. The summed E-state index contributed by atoms with van der Waals surface area (Å²) in [4.78, 5) is 48.8. The molecule has 0 aliphatic heterocycles. The standard InChI is InChI=1S/C23H29N9O4.BrH/c1-4-32-12-14(27-13-33)7-19(32)23(36)29-16-9-18(31(3)11-16)22(35)28-15-8-17(30(2)10-15)21(34)26-6-5-20(24)25;/h7-13H,4-6H2,1-3H3,(H3,24,25)(H,26,34)(H,27,33)(H,28,35)(H,29,36);1H. The van der Waals surface area contributed by atoms with Crippen LogP contribution < -0.4 is 49.4 Å². The van der Waals surface area contributed by atoms with Crippen LogP contribution in [0.2, 0.25) is 0 Å². The Balaban J connectivity index is 0.00000481. The Hall–Kier alpha value is -4.33. The molecular weight excluding hydrogens is 546 g/mol. The van der Waals surface area contributed by atoms with Crippen LogP contribution in [0.1, 0.15) is 44.8 Å². The number of anilines is 3. The average Bonchev–Trinajstić information content (AvgIpc) is 3.50. The zero-order chi connectivity index (χ0) is 26.4. The first kappa shape index (κ1) is 28.9. The minimum atomic E-state index is -0.421. The number of carbonyl (C=O) groups is 4. The van der Waals surface area contributed by atoms with Gasteiger partial charge in [-0.05, 0) is 25.1 Å². The Labute approximate surface area is 223 Å². The van der Waals surface area contributed by atoms with E-state index in [9.17, 15) is 19.2 Å². The monoisotopic (exact) mass is 575 g/mol. The number of carbonyl (C=O) groups excluding carboxylic acids is 4. The minimum Gasteiger partial charge on any atom is -1.00 e. The molecule has 0 bridgehead atoms. The van der Waals surface area contributed by atoms with Crippen LogP contribution >= 0.6 is 0 Å². The van der Waals surface area contributed by atoms with Crippen LogP contribution in [0.4, 0.5) is 17.1 Å². The van der Waals surface area contributed by atoms with Gasteiger partial charge in [0.05, 0.1) is 23.5 Å². The van der Waals surface area contributed by atoms with Crippen LogP contribution in [-0.2, 0) is 25.4 Å². The van der Waals surface area contributed by atoms with E-state index in [1.165, 1.54) is 0 Å². The van der Waals surface area contributed by atoms with Crippen molar-refractivity contribution in [1.29, 1.82) is 0 Å². The molecule has 0 atom stereocenters. The minimum absolute atomic E-state index is 0. The van der Waals surface area contributed by atoms with Crippen molar-refractivity contribution in [1.82, 2.24) is 19.0 Å². The average molecular weight is 576 g/mol. The van der Waals surface area contributed by atoms with Gasteiger partial charge in [0.1, 0.15) is 17.1 Å². The van der Waals surface area contributed by atoms with Crippen molar-refractivity contribution in [2.24, 2.45) is 19.8 Å². The Morgan fingerprint density at radius 3 is 1.92 bits per heavy atom. The molecule has 3 aromatic heterocycles. The molecule has 14 heteroatoms. The van der Waals surface area contributed by atoms with Gasteiger partial charge >= 0.3 is 0 Å². The largest absolute Gasteiger partial charge is 1.00 e. The number of nitrogens with zero attached hydrogens (tertiary/aromatic N) is 3. The number of hydrogen-bond acceptors (Lipinski definition) is 4. The molecule has 8 N–H and O–H groups in total. The Morgan fingerprint density at radius 1 is 0.892 bits per heavy atom. The molecule has 3 heterocycles. The molecular formula is C23H30BrN9O4. The van der Waals surface area contributed by atoms with E-state index in [4.69, 9.17) is 11.1 Å². The van der Waals surface area contributed by atoms with Crippen LogP contribution in [0.25, 0.3) is 0 Å². The highest BCUT2D eigenvalue weighted by Crippen LogP contribution is 2.20. The maximum Gasteiger partial charge on any atom is 0.272 e. The highest BCUT2D eigenvalue weighted by Gasteiger charge is 2.18. The van der Waals surface area contributed by atoms with E-state index in [0.717, 1.165) is 0 Å². The SMILES string of the molecule is CCn1cc(NC=O)cc1C(=O)Nc1cc(C(=O)Nc2cc(C(=O)NCCC(N)=[NH2+])n(C)c2)n(C)c1.[Br-]. The van der Waals surface area contributed by atoms with E-state index in [2.05, 4.69) is 21.3 Å². The van der Waals surface area contributed by atoms with Gasteiger partial charge < -0.3 is 51.9 Å². The molecule has 13 nitrogen and oxygen atoms in total. The summed E-state index contributed by atoms with van der Waals surface area (Å²) >= 11 is 0. The summed E-state index contributed by atoms with van der Waals surface area (Å²) in [5.74, 6) is -0.907. The molecule has 3 rings (SSSR count). The van der Waals surface area contributed by atoms with Crippen molar-refractivity contribution < 1.29 is 41.6 Å². The van der Waals surface area contributed by atoms with Crippen LogP contribution in [0, 0.1) is 0 Å². The molecule has 4 amide bonds. The highest BCUT2D eigenvalue weighted by atomic mass is 79.9. The number of amides is 4. The molecule has 0 saturated carbocycles. The second-order valence-corrected chi connectivity index (χ2v) is 8.10. The number of nitrogens with two attached hydrogens (primary N) is 2. The summed E-state index contributed by atoms with van der Waals surface area (Å²) < 4.78 is 4.87. The van der Waals surface area contributed by atoms with Gasteiger partial charge in [0.25, 0.3) is 17.7 Å². The van der Waals surface area contributed by atoms with Crippen molar-refractivity contribution in [3.05, 3.63) is 53.9 Å². The lowest BCUT2D eigenvalue weighted by atomic mass is 10.3. The quantitative estimate of drug-likeness (QED) is 0.0786. The van der Waals surface area contributed by atoms with Crippen LogP contribution in [0.3, 0.4) is 0 Å². The zero-order valence-corrected chi connectivity index (χ0v) is 22.3. The van der Waals surface area contributed by atoms with Gasteiger partial charge in [0, 0.05) is 45.8 Å². The van der Waals surface area contributed by atoms with Gasteiger partial charge in [-0.1, -0.05) is 0 Å². The maximum atomic E-state index is 12.9. The first-order chi connectivity index (χ1) is 17.1. The van der Waals surface area contributed by atoms with Gasteiger partial charge in [-0.3, -0.25) is 30.3 Å². The summed E-state index contributed by atoms with van der Waals surface area (Å²) in [6.45, 7) is 2.70. The van der Waals surface area contributed by atoms with E-state index >= 15 is 0 Å². The van der Waals surface area contributed by atoms with Crippen molar-refractivity contribution in [3.8, 4) is 0 Å². The fraction of sp³-hybridized carbons (Fsp3) is 0.261. The lowest BCUT2D eigenvalue weighted by molar-refractivity contribution is -0.117. The second kappa shape index (κ2) is 12.6. The molecule has 37 heavy (non-hydrogen) atoms. The van der Waals surface area contributed by atoms with Gasteiger partial charge in [-0.15, -0.1) is 0 Å². The van der Waals surface area contributed by atoms with Crippen LogP contribution in [-0.4, -0.2) is 50.2 Å². The molecule has 0 fully saturated rings. The second-order valence-electron chi connectivity index (χ2n) is 8.10. The number of nitrogens with one attached hydrogen (secondary N) is 4. The van der Waals surface area contributed by atoms with Crippen LogP contribution in [0.15, 0.2) is 36.8 Å². The molecule has 0 spiro atoms. The fourth-order valence-electron chi connectivity index (χ4n) is 3.63. The topological polar surface area (TPSA) is 183 Å². The molecule has 0 aromatic carbocycles. The first-order valence-corrected chi connectivity index (χ1v) is 11.1. The van der Waals surface area contributed by atoms with E-state index < -0.39 is 5.91 Å². The lowest BCUT2D eigenvalue weighted by Crippen LogP contribution is -3.00. The summed E-state index contributed by atoms with van der Waals surface area (Å²) in [7, 11) is 3.36. The van der Waals surface area contributed by atoms with Crippen molar-refractivity contribution in [2.45, 2.75) is 19.9 Å². The highest BCUT2D eigenvalue weighted by molar-refractivity contribution is 6.07. The van der Waals surface area contributed by atoms with Crippen molar-refractivity contribution in [3.63, 3.8) is 0 Å². The number of hydrogen-bond donors (Lipinski definition) is 6. The van der Waals surface area contributed by atoms with E-state index in [1.54, 1.807) is 64.6 Å². The number of amidine groups is 1. The van der Waals surface area contributed by atoms with Gasteiger partial charge in [-0.25, -0.2) is 0 Å². The lowest BCUT2D eigenvalue weighted by Gasteiger charge is -2.05. The maximum absolute atomic E-state index is 12.9. The Kier molecular flexibility index (Phi) is 9.82. The smallest absolute Gasteiger partial charge is 0.272 e. The molecule has 0 aliphatic carbocycles. The third-order valence-corrected chi connectivity index (χ3v) is 5.39. The number of halogens is 1. The molecule has 198 valence electrons. The van der Waals surface area contributed by atoms with Crippen molar-refractivity contribution >= 4 is 47.0 Å². The first-order valence-electron chi connectivity index (χ1n) is 11.1. The number of rotatable bonds is 11. The molecule has 0 aliphatic rings. The summed E-state index contributed by atoms with van der Waals surface area (Å²) in [6.07, 6.45) is 5.78.